The Balaban J connectivity index is 2.42. The van der Waals surface area contributed by atoms with Crippen molar-refractivity contribution in [1.82, 2.24) is 10.6 Å². The van der Waals surface area contributed by atoms with Crippen LogP contribution < -0.4 is 10.6 Å². The summed E-state index contributed by atoms with van der Waals surface area (Å²) in [6.07, 6.45) is -0.928. The van der Waals surface area contributed by atoms with Gasteiger partial charge in [-0.05, 0) is 70.0 Å². The molecule has 1 atom stereocenters. The van der Waals surface area contributed by atoms with E-state index < -0.39 is 35.2 Å². The van der Waals surface area contributed by atoms with Crippen molar-refractivity contribution in [2.75, 3.05) is 6.61 Å². The first-order valence-electron chi connectivity index (χ1n) is 10.4. The molecule has 0 aliphatic carbocycles. The molecule has 0 aliphatic rings. The molecular formula is C24H28Cl2N2O5. The second-order valence-corrected chi connectivity index (χ2v) is 9.35. The molecule has 0 radical (unpaired) electrons. The molecule has 2 N–H and O–H groups in total. The Morgan fingerprint density at radius 1 is 0.879 bits per heavy atom. The van der Waals surface area contributed by atoms with Crippen molar-refractivity contribution in [3.8, 4) is 0 Å². The largest absolute Gasteiger partial charge is 0.464 e. The van der Waals surface area contributed by atoms with E-state index in [-0.39, 0.29) is 6.61 Å². The van der Waals surface area contributed by atoms with Crippen molar-refractivity contribution < 1.29 is 23.9 Å². The molecule has 0 bridgehead atoms. The SMILES string of the molecule is CCOC(=O)C(C)(NC(=O)OC(C)(C)C)C(=O)NC(c1ccc(Cl)cc1)c1ccc(Cl)cc1. The molecule has 0 fully saturated rings. The van der Waals surface area contributed by atoms with Gasteiger partial charge in [0.05, 0.1) is 12.6 Å². The lowest BCUT2D eigenvalue weighted by molar-refractivity contribution is -0.155. The topological polar surface area (TPSA) is 93.7 Å². The van der Waals surface area contributed by atoms with E-state index >= 15 is 0 Å². The lowest BCUT2D eigenvalue weighted by Crippen LogP contribution is -2.63. The number of hydrogen-bond donors (Lipinski definition) is 2. The van der Waals surface area contributed by atoms with Gasteiger partial charge in [0, 0.05) is 10.0 Å². The number of ether oxygens (including phenoxy) is 2. The van der Waals surface area contributed by atoms with Gasteiger partial charge in [0.15, 0.2) is 0 Å². The molecule has 0 saturated carbocycles. The molecule has 2 rings (SSSR count). The molecule has 2 amide bonds. The summed E-state index contributed by atoms with van der Waals surface area (Å²) in [5.74, 6) is -1.69. The summed E-state index contributed by atoms with van der Waals surface area (Å²) in [6, 6.07) is 13.1. The van der Waals surface area contributed by atoms with Crippen LogP contribution >= 0.6 is 23.2 Å². The average molecular weight is 495 g/mol. The highest BCUT2D eigenvalue weighted by Crippen LogP contribution is 2.26. The fourth-order valence-corrected chi connectivity index (χ4v) is 3.18. The molecule has 9 heteroatoms. The quantitative estimate of drug-likeness (QED) is 0.415. The molecule has 178 valence electrons. The number of carbonyl (C=O) groups is 3. The van der Waals surface area contributed by atoms with Crippen LogP contribution in [0.1, 0.15) is 51.8 Å². The van der Waals surface area contributed by atoms with Gasteiger partial charge in [-0.3, -0.25) is 10.1 Å². The van der Waals surface area contributed by atoms with E-state index in [1.165, 1.54) is 6.92 Å². The van der Waals surface area contributed by atoms with Crippen molar-refractivity contribution in [2.24, 2.45) is 0 Å². The first kappa shape index (κ1) is 26.5. The summed E-state index contributed by atoms with van der Waals surface area (Å²) in [7, 11) is 0. The molecule has 0 aromatic heterocycles. The zero-order valence-electron chi connectivity index (χ0n) is 19.2. The maximum absolute atomic E-state index is 13.4. The van der Waals surface area contributed by atoms with Crippen LogP contribution in [0, 0.1) is 0 Å². The summed E-state index contributed by atoms with van der Waals surface area (Å²) >= 11 is 12.0. The van der Waals surface area contributed by atoms with Gasteiger partial charge in [-0.15, -0.1) is 0 Å². The first-order chi connectivity index (χ1) is 15.4. The van der Waals surface area contributed by atoms with Crippen molar-refractivity contribution in [2.45, 2.75) is 51.8 Å². The van der Waals surface area contributed by atoms with E-state index in [9.17, 15) is 14.4 Å². The standard InChI is InChI=1S/C24H28Cl2N2O5/c1-6-32-21(30)24(5,28-22(31)33-23(2,3)4)20(29)27-19(15-7-11-17(25)12-8-15)16-9-13-18(26)14-10-16/h7-14,19H,6H2,1-5H3,(H,27,29)(H,28,31). The smallest absolute Gasteiger partial charge is 0.408 e. The molecule has 1 unspecified atom stereocenters. The second-order valence-electron chi connectivity index (χ2n) is 8.48. The van der Waals surface area contributed by atoms with Crippen molar-refractivity contribution in [3.63, 3.8) is 0 Å². The van der Waals surface area contributed by atoms with Crippen LogP contribution in [-0.4, -0.2) is 35.7 Å². The molecule has 7 nitrogen and oxygen atoms in total. The zero-order chi connectivity index (χ0) is 24.8. The predicted molar refractivity (Wildman–Crippen MR) is 127 cm³/mol. The van der Waals surface area contributed by atoms with Gasteiger partial charge in [-0.2, -0.15) is 0 Å². The van der Waals surface area contributed by atoms with Crippen LogP contribution in [0.15, 0.2) is 48.5 Å². The number of alkyl carbamates (subject to hydrolysis) is 1. The third-order valence-corrected chi connectivity index (χ3v) is 5.07. The van der Waals surface area contributed by atoms with Gasteiger partial charge in [0.25, 0.3) is 5.91 Å². The number of nitrogens with one attached hydrogen (secondary N) is 2. The molecule has 33 heavy (non-hydrogen) atoms. The number of esters is 1. The zero-order valence-corrected chi connectivity index (χ0v) is 20.7. The van der Waals surface area contributed by atoms with Crippen LogP contribution in [0.25, 0.3) is 0 Å². The van der Waals surface area contributed by atoms with Crippen LogP contribution in [0.4, 0.5) is 4.79 Å². The van der Waals surface area contributed by atoms with Crippen molar-refractivity contribution in [3.05, 3.63) is 69.7 Å². The van der Waals surface area contributed by atoms with Crippen LogP contribution in [0.5, 0.6) is 0 Å². The summed E-state index contributed by atoms with van der Waals surface area (Å²) in [4.78, 5) is 38.6. The molecule has 0 aliphatic heterocycles. The fourth-order valence-electron chi connectivity index (χ4n) is 2.93. The van der Waals surface area contributed by atoms with Crippen molar-refractivity contribution in [1.29, 1.82) is 0 Å². The number of benzene rings is 2. The summed E-state index contributed by atoms with van der Waals surface area (Å²) in [5.41, 5.74) is -1.46. The van der Waals surface area contributed by atoms with E-state index in [1.54, 1.807) is 76.2 Å². The predicted octanol–water partition coefficient (Wildman–Crippen LogP) is 5.05. The third kappa shape index (κ3) is 7.37. The number of rotatable bonds is 7. The minimum Gasteiger partial charge on any atom is -0.464 e. The highest BCUT2D eigenvalue weighted by molar-refractivity contribution is 6.30. The minimum atomic E-state index is -2.05. The fraction of sp³-hybridized carbons (Fsp3) is 0.375. The Kier molecular flexibility index (Phi) is 8.75. The molecule has 2 aromatic carbocycles. The highest BCUT2D eigenvalue weighted by Gasteiger charge is 2.46. The molecule has 0 spiro atoms. The van der Waals surface area contributed by atoms with E-state index in [4.69, 9.17) is 32.7 Å². The van der Waals surface area contributed by atoms with Gasteiger partial charge in [-0.1, -0.05) is 47.5 Å². The maximum Gasteiger partial charge on any atom is 0.408 e. The maximum atomic E-state index is 13.4. The van der Waals surface area contributed by atoms with Gasteiger partial charge >= 0.3 is 12.1 Å². The van der Waals surface area contributed by atoms with Crippen LogP contribution in [0.2, 0.25) is 10.0 Å². The Morgan fingerprint density at radius 2 is 1.33 bits per heavy atom. The molecule has 2 aromatic rings. The van der Waals surface area contributed by atoms with Gasteiger partial charge in [0.1, 0.15) is 5.60 Å². The van der Waals surface area contributed by atoms with Gasteiger partial charge in [-0.25, -0.2) is 9.59 Å². The summed E-state index contributed by atoms with van der Waals surface area (Å²) in [5, 5.41) is 6.27. The lowest BCUT2D eigenvalue weighted by atomic mass is 9.95. The monoisotopic (exact) mass is 494 g/mol. The Bertz CT molecular complexity index is 942. The van der Waals surface area contributed by atoms with Crippen LogP contribution in [0.3, 0.4) is 0 Å². The number of hydrogen-bond acceptors (Lipinski definition) is 5. The Hall–Kier alpha value is -2.77. The van der Waals surface area contributed by atoms with Crippen LogP contribution in [-0.2, 0) is 19.1 Å². The molecule has 0 saturated heterocycles. The highest BCUT2D eigenvalue weighted by atomic mass is 35.5. The van der Waals surface area contributed by atoms with Crippen molar-refractivity contribution >= 4 is 41.2 Å². The minimum absolute atomic E-state index is 0.0233. The lowest BCUT2D eigenvalue weighted by Gasteiger charge is -2.31. The Labute approximate surface area is 203 Å². The second kappa shape index (κ2) is 10.9. The Morgan fingerprint density at radius 3 is 1.73 bits per heavy atom. The molecule has 0 heterocycles. The summed E-state index contributed by atoms with van der Waals surface area (Å²) in [6.45, 7) is 7.91. The van der Waals surface area contributed by atoms with Gasteiger partial charge in [0.2, 0.25) is 5.54 Å². The number of halogens is 2. The first-order valence-corrected chi connectivity index (χ1v) is 11.1. The molecular weight excluding hydrogens is 467 g/mol. The average Bonchev–Trinajstić information content (AvgIpc) is 2.72. The van der Waals surface area contributed by atoms with Gasteiger partial charge < -0.3 is 14.8 Å². The third-order valence-electron chi connectivity index (χ3n) is 4.57. The number of amides is 2. The number of carbonyl (C=O) groups excluding carboxylic acids is 3. The normalized spacial score (nSPS) is 13.1. The van der Waals surface area contributed by atoms with E-state index in [1.807, 2.05) is 0 Å². The summed E-state index contributed by atoms with van der Waals surface area (Å²) < 4.78 is 10.3. The van der Waals surface area contributed by atoms with E-state index in [0.717, 1.165) is 0 Å². The van der Waals surface area contributed by atoms with E-state index in [2.05, 4.69) is 10.6 Å². The van der Waals surface area contributed by atoms with E-state index in [0.29, 0.717) is 21.2 Å².